The molecule has 1 aromatic heterocycles. The predicted octanol–water partition coefficient (Wildman–Crippen LogP) is 5.45. The van der Waals surface area contributed by atoms with Crippen LogP contribution in [-0.4, -0.2) is 33.3 Å². The second kappa shape index (κ2) is 12.4. The van der Waals surface area contributed by atoms with Gasteiger partial charge >= 0.3 is 5.69 Å². The van der Waals surface area contributed by atoms with Crippen LogP contribution in [-0.2, 0) is 11.2 Å². The highest BCUT2D eigenvalue weighted by Crippen LogP contribution is 2.30. The molecule has 1 amide bonds. The van der Waals surface area contributed by atoms with Crippen LogP contribution in [0.1, 0.15) is 31.2 Å². The minimum atomic E-state index is -0.719. The molecule has 4 rings (SSSR count). The summed E-state index contributed by atoms with van der Waals surface area (Å²) < 4.78 is 21.3. The molecule has 0 saturated carbocycles. The highest BCUT2D eigenvalue weighted by atomic mass is 79.9. The summed E-state index contributed by atoms with van der Waals surface area (Å²) in [7, 11) is 0. The summed E-state index contributed by atoms with van der Waals surface area (Å²) in [6.07, 6.45) is 3.38. The molecule has 0 fully saturated rings. The zero-order valence-electron chi connectivity index (χ0n) is 20.8. The van der Waals surface area contributed by atoms with Gasteiger partial charge in [-0.2, -0.15) is 9.78 Å². The van der Waals surface area contributed by atoms with Crippen LogP contribution in [0.2, 0.25) is 0 Å². The number of aromatic nitrogens is 2. The van der Waals surface area contributed by atoms with Crippen LogP contribution in [0.15, 0.2) is 75.0 Å². The number of para-hydroxylation sites is 2. The number of ether oxygens (including phenoxy) is 1. The summed E-state index contributed by atoms with van der Waals surface area (Å²) >= 11 is 3.36. The van der Waals surface area contributed by atoms with Gasteiger partial charge in [-0.3, -0.25) is 19.7 Å². The lowest BCUT2D eigenvalue weighted by Crippen LogP contribution is -2.23. The molecule has 12 heteroatoms. The first-order chi connectivity index (χ1) is 18.8. The smallest absolute Gasteiger partial charge is 0.311 e. The monoisotopic (exact) mass is 595 g/mol. The number of carbonyl (C=O) groups excluding carboxylic acids is 1. The third-order valence-corrected chi connectivity index (χ3v) is 6.15. The molecular weight excluding hydrogens is 573 g/mol. The number of halogens is 2. The molecule has 1 heterocycles. The van der Waals surface area contributed by atoms with E-state index in [1.807, 2.05) is 6.92 Å². The van der Waals surface area contributed by atoms with Crippen LogP contribution in [0.4, 0.5) is 15.8 Å². The van der Waals surface area contributed by atoms with Crippen molar-refractivity contribution in [3.8, 4) is 5.75 Å². The van der Waals surface area contributed by atoms with Crippen molar-refractivity contribution in [3.63, 3.8) is 0 Å². The second-order valence-corrected chi connectivity index (χ2v) is 9.34. The summed E-state index contributed by atoms with van der Waals surface area (Å²) in [4.78, 5) is 41.4. The van der Waals surface area contributed by atoms with Crippen molar-refractivity contribution in [3.05, 3.63) is 103 Å². The van der Waals surface area contributed by atoms with Crippen molar-refractivity contribution in [1.82, 2.24) is 9.66 Å². The summed E-state index contributed by atoms with van der Waals surface area (Å²) in [5.74, 6) is -1.15. The Hall–Kier alpha value is -4.45. The Morgan fingerprint density at radius 2 is 2.03 bits per heavy atom. The van der Waals surface area contributed by atoms with Crippen molar-refractivity contribution in [2.75, 3.05) is 11.9 Å². The maximum atomic E-state index is 13.9. The normalized spacial score (nSPS) is 11.2. The maximum absolute atomic E-state index is 13.9. The Balaban J connectivity index is 1.69. The zero-order chi connectivity index (χ0) is 27.9. The van der Waals surface area contributed by atoms with Crippen molar-refractivity contribution in [2.24, 2.45) is 5.10 Å². The number of amides is 1. The highest BCUT2D eigenvalue weighted by Gasteiger charge is 2.20. The Kier molecular flexibility index (Phi) is 8.77. The first kappa shape index (κ1) is 27.6. The minimum absolute atomic E-state index is 0.0510. The number of unbranched alkanes of at least 4 members (excludes halogenated alkanes) is 1. The molecule has 200 valence electrons. The lowest BCUT2D eigenvalue weighted by Gasteiger charge is -2.11. The Labute approximate surface area is 230 Å². The molecule has 4 aromatic rings. The number of carbonyl (C=O) groups is 1. The molecule has 0 saturated heterocycles. The number of nitro benzene ring substituents is 1. The molecule has 10 nitrogen and oxygen atoms in total. The van der Waals surface area contributed by atoms with Gasteiger partial charge in [0.15, 0.2) is 6.61 Å². The van der Waals surface area contributed by atoms with E-state index in [0.717, 1.165) is 17.5 Å². The van der Waals surface area contributed by atoms with Crippen molar-refractivity contribution in [2.45, 2.75) is 26.2 Å². The lowest BCUT2D eigenvalue weighted by molar-refractivity contribution is -0.385. The van der Waals surface area contributed by atoms with E-state index in [1.54, 1.807) is 24.3 Å². The molecule has 1 N–H and O–H groups in total. The van der Waals surface area contributed by atoms with E-state index < -0.39 is 34.5 Å². The van der Waals surface area contributed by atoms with E-state index in [2.05, 4.69) is 31.3 Å². The molecule has 0 unspecified atom stereocenters. The third-order valence-electron chi connectivity index (χ3n) is 5.66. The Morgan fingerprint density at radius 3 is 2.77 bits per heavy atom. The number of anilines is 1. The first-order valence-electron chi connectivity index (χ1n) is 12.0. The van der Waals surface area contributed by atoms with Crippen LogP contribution < -0.4 is 15.6 Å². The van der Waals surface area contributed by atoms with E-state index in [-0.39, 0.29) is 17.0 Å². The van der Waals surface area contributed by atoms with Gasteiger partial charge in [0, 0.05) is 22.5 Å². The summed E-state index contributed by atoms with van der Waals surface area (Å²) in [5.41, 5.74) is -0.172. The van der Waals surface area contributed by atoms with E-state index in [4.69, 9.17) is 4.74 Å². The van der Waals surface area contributed by atoms with Crippen molar-refractivity contribution in [1.29, 1.82) is 0 Å². The van der Waals surface area contributed by atoms with E-state index in [9.17, 15) is 24.1 Å². The third kappa shape index (κ3) is 6.52. The van der Waals surface area contributed by atoms with Crippen LogP contribution in [0.3, 0.4) is 0 Å². The number of fused-ring (bicyclic) bond motifs is 1. The number of benzene rings is 3. The lowest BCUT2D eigenvalue weighted by atomic mass is 10.2. The van der Waals surface area contributed by atoms with Gasteiger partial charge in [0.2, 0.25) is 5.75 Å². The zero-order valence-corrected chi connectivity index (χ0v) is 22.4. The molecule has 0 radical (unpaired) electrons. The SMILES string of the molecule is CCCCc1nc2ccc(Br)cc2c(=O)n1N=Cc1cccc([N+](=O)[O-])c1OCC(=O)Nc1ccccc1F. The highest BCUT2D eigenvalue weighted by molar-refractivity contribution is 9.10. The van der Waals surface area contributed by atoms with Crippen molar-refractivity contribution < 1.29 is 18.8 Å². The van der Waals surface area contributed by atoms with Crippen LogP contribution in [0.25, 0.3) is 10.9 Å². The van der Waals surface area contributed by atoms with Gasteiger partial charge in [-0.15, -0.1) is 0 Å². The molecule has 39 heavy (non-hydrogen) atoms. The molecule has 0 aliphatic heterocycles. The van der Waals surface area contributed by atoms with Gasteiger partial charge in [-0.25, -0.2) is 9.37 Å². The van der Waals surface area contributed by atoms with Crippen molar-refractivity contribution >= 4 is 50.3 Å². The van der Waals surface area contributed by atoms with E-state index in [1.165, 1.54) is 42.6 Å². The summed E-state index contributed by atoms with van der Waals surface area (Å²) in [6, 6.07) is 14.9. The van der Waals surface area contributed by atoms with Crippen LogP contribution in [0, 0.1) is 15.9 Å². The number of nitro groups is 1. The van der Waals surface area contributed by atoms with Gasteiger partial charge in [-0.05, 0) is 42.8 Å². The number of nitrogens with one attached hydrogen (secondary N) is 1. The second-order valence-electron chi connectivity index (χ2n) is 8.42. The van der Waals surface area contributed by atoms with Crippen LogP contribution in [0.5, 0.6) is 5.75 Å². The Morgan fingerprint density at radius 1 is 1.23 bits per heavy atom. The number of aryl methyl sites for hydroxylation is 1. The molecule has 3 aromatic carbocycles. The molecule has 0 bridgehead atoms. The maximum Gasteiger partial charge on any atom is 0.311 e. The fraction of sp³-hybridized carbons (Fsp3) is 0.185. The molecular formula is C27H23BrFN5O5. The fourth-order valence-corrected chi connectivity index (χ4v) is 4.12. The number of hydrogen-bond donors (Lipinski definition) is 1. The van der Waals surface area contributed by atoms with Gasteiger partial charge in [0.25, 0.3) is 11.5 Å². The molecule has 0 spiro atoms. The quantitative estimate of drug-likeness (QED) is 0.147. The largest absolute Gasteiger partial charge is 0.476 e. The van der Waals surface area contributed by atoms with Gasteiger partial charge < -0.3 is 10.1 Å². The van der Waals surface area contributed by atoms with Gasteiger partial charge in [0.1, 0.15) is 11.6 Å². The molecule has 0 aliphatic rings. The first-order valence-corrected chi connectivity index (χ1v) is 12.8. The standard InChI is InChI=1S/C27H23BrFN5O5/c1-2-3-11-24-31-21-13-12-18(28)14-19(21)27(36)33(24)30-15-17-7-6-10-23(34(37)38)26(17)39-16-25(35)32-22-9-5-4-8-20(22)29/h4-10,12-15H,2-3,11,16H2,1H3,(H,32,35). The summed E-state index contributed by atoms with van der Waals surface area (Å²) in [6.45, 7) is 1.38. The minimum Gasteiger partial charge on any atom is -0.476 e. The number of rotatable bonds is 10. The van der Waals surface area contributed by atoms with E-state index >= 15 is 0 Å². The van der Waals surface area contributed by atoms with Gasteiger partial charge in [-0.1, -0.05) is 47.5 Å². The van der Waals surface area contributed by atoms with Crippen LogP contribution >= 0.6 is 15.9 Å². The average Bonchev–Trinajstić information content (AvgIpc) is 2.92. The summed E-state index contributed by atoms with van der Waals surface area (Å²) in [5, 5.41) is 18.7. The van der Waals surface area contributed by atoms with E-state index in [0.29, 0.717) is 27.6 Å². The van der Waals surface area contributed by atoms with Gasteiger partial charge in [0.05, 0.1) is 27.7 Å². The fourth-order valence-electron chi connectivity index (χ4n) is 3.76. The number of hydrogen-bond acceptors (Lipinski definition) is 7. The average molecular weight is 596 g/mol. The Bertz CT molecular complexity index is 1640. The molecule has 0 atom stereocenters. The topological polar surface area (TPSA) is 129 Å². The molecule has 0 aliphatic carbocycles. The predicted molar refractivity (Wildman–Crippen MR) is 149 cm³/mol. The number of nitrogens with zero attached hydrogens (tertiary/aromatic N) is 4.